The van der Waals surface area contributed by atoms with Crippen molar-refractivity contribution in [3.8, 4) is 0 Å². The average molecular weight is 337 g/mol. The summed E-state index contributed by atoms with van der Waals surface area (Å²) >= 11 is 5.89. The van der Waals surface area contributed by atoms with Crippen LogP contribution in [0.25, 0.3) is 0 Å². The highest BCUT2D eigenvalue weighted by molar-refractivity contribution is 6.31. The maximum atomic E-state index is 12.6. The van der Waals surface area contributed by atoms with Crippen molar-refractivity contribution in [2.24, 2.45) is 11.8 Å². The van der Waals surface area contributed by atoms with Crippen LogP contribution in [-0.4, -0.2) is 28.9 Å². The maximum Gasteiger partial charge on any atom is 0.417 e. The van der Waals surface area contributed by atoms with E-state index < -0.39 is 11.7 Å². The standard InChI is InChI=1S/C13H16ClF3N4O/c14-10-5-9(13(15,16)17)6-19-11(10)7-21-3-1-8(2-4-21)12(22)20-18/h5-6,8H,1-4,7,18H2,(H,20,22). The molecule has 122 valence electrons. The number of nitrogens with two attached hydrogens (primary N) is 1. The van der Waals surface area contributed by atoms with Crippen molar-refractivity contribution in [2.45, 2.75) is 25.6 Å². The van der Waals surface area contributed by atoms with E-state index in [1.54, 1.807) is 0 Å². The van der Waals surface area contributed by atoms with Gasteiger partial charge in [0.15, 0.2) is 0 Å². The second kappa shape index (κ2) is 6.80. The molecule has 0 atom stereocenters. The highest BCUT2D eigenvalue weighted by Gasteiger charge is 2.32. The van der Waals surface area contributed by atoms with Crippen LogP contribution in [0.15, 0.2) is 12.3 Å². The van der Waals surface area contributed by atoms with E-state index in [0.717, 1.165) is 12.3 Å². The van der Waals surface area contributed by atoms with Crippen molar-refractivity contribution in [3.63, 3.8) is 0 Å². The number of amides is 1. The van der Waals surface area contributed by atoms with Crippen molar-refractivity contribution in [1.82, 2.24) is 15.3 Å². The summed E-state index contributed by atoms with van der Waals surface area (Å²) in [5.74, 6) is 4.78. The molecular weight excluding hydrogens is 321 g/mol. The highest BCUT2D eigenvalue weighted by Crippen LogP contribution is 2.31. The lowest BCUT2D eigenvalue weighted by molar-refractivity contribution is -0.137. The van der Waals surface area contributed by atoms with Crippen LogP contribution in [0, 0.1) is 5.92 Å². The summed E-state index contributed by atoms with van der Waals surface area (Å²) in [6.45, 7) is 1.63. The summed E-state index contributed by atoms with van der Waals surface area (Å²) in [6, 6.07) is 0.887. The molecule has 1 aliphatic rings. The first-order chi connectivity index (χ1) is 10.3. The molecule has 1 amide bonds. The summed E-state index contributed by atoms with van der Waals surface area (Å²) in [5, 5.41) is -0.00310. The number of nitrogens with zero attached hydrogens (tertiary/aromatic N) is 2. The van der Waals surface area contributed by atoms with Crippen molar-refractivity contribution in [1.29, 1.82) is 0 Å². The van der Waals surface area contributed by atoms with E-state index in [9.17, 15) is 18.0 Å². The van der Waals surface area contributed by atoms with Gasteiger partial charge in [0.05, 0.1) is 16.3 Å². The number of rotatable bonds is 3. The first-order valence-electron chi connectivity index (χ1n) is 6.75. The molecule has 1 aromatic heterocycles. The van der Waals surface area contributed by atoms with E-state index in [4.69, 9.17) is 17.4 Å². The number of halogens is 4. The number of hydrazine groups is 1. The molecule has 2 heterocycles. The molecule has 5 nitrogen and oxygen atoms in total. The van der Waals surface area contributed by atoms with E-state index >= 15 is 0 Å². The minimum Gasteiger partial charge on any atom is -0.297 e. The number of pyridine rings is 1. The number of carbonyl (C=O) groups is 1. The molecule has 0 aromatic carbocycles. The molecule has 1 saturated heterocycles. The predicted octanol–water partition coefficient (Wildman–Crippen LogP) is 1.96. The SMILES string of the molecule is NNC(=O)C1CCN(Cc2ncc(C(F)(F)F)cc2Cl)CC1. The van der Waals surface area contributed by atoms with Crippen molar-refractivity contribution >= 4 is 17.5 Å². The van der Waals surface area contributed by atoms with Gasteiger partial charge in [0.25, 0.3) is 0 Å². The number of carbonyl (C=O) groups excluding carboxylic acids is 1. The van der Waals surface area contributed by atoms with Gasteiger partial charge in [-0.05, 0) is 32.0 Å². The second-order valence-corrected chi connectivity index (χ2v) is 5.62. The smallest absolute Gasteiger partial charge is 0.297 e. The van der Waals surface area contributed by atoms with E-state index in [1.807, 2.05) is 4.90 Å². The summed E-state index contributed by atoms with van der Waals surface area (Å²) < 4.78 is 37.7. The Labute approximate surface area is 130 Å². The summed E-state index contributed by atoms with van der Waals surface area (Å²) in [5.41, 5.74) is 1.67. The zero-order chi connectivity index (χ0) is 16.3. The van der Waals surface area contributed by atoms with Crippen molar-refractivity contribution < 1.29 is 18.0 Å². The van der Waals surface area contributed by atoms with E-state index in [1.165, 1.54) is 0 Å². The molecule has 0 aliphatic carbocycles. The van der Waals surface area contributed by atoms with Gasteiger partial charge in [0, 0.05) is 18.7 Å². The van der Waals surface area contributed by atoms with Crippen LogP contribution in [0.3, 0.4) is 0 Å². The van der Waals surface area contributed by atoms with E-state index in [2.05, 4.69) is 10.4 Å². The van der Waals surface area contributed by atoms with Crippen LogP contribution in [0.5, 0.6) is 0 Å². The Morgan fingerprint density at radius 2 is 2.09 bits per heavy atom. The minimum atomic E-state index is -4.46. The number of hydrogen-bond acceptors (Lipinski definition) is 4. The Morgan fingerprint density at radius 1 is 1.45 bits per heavy atom. The van der Waals surface area contributed by atoms with Crippen LogP contribution < -0.4 is 11.3 Å². The highest BCUT2D eigenvalue weighted by atomic mass is 35.5. The molecule has 9 heteroatoms. The zero-order valence-electron chi connectivity index (χ0n) is 11.7. The fourth-order valence-corrected chi connectivity index (χ4v) is 2.65. The Kier molecular flexibility index (Phi) is 5.25. The molecule has 0 radical (unpaired) electrons. The average Bonchev–Trinajstić information content (AvgIpc) is 2.48. The Balaban J connectivity index is 1.97. The van der Waals surface area contributed by atoms with Crippen LogP contribution in [-0.2, 0) is 17.5 Å². The molecule has 2 rings (SSSR count). The van der Waals surface area contributed by atoms with Gasteiger partial charge in [-0.3, -0.25) is 20.1 Å². The fraction of sp³-hybridized carbons (Fsp3) is 0.538. The van der Waals surface area contributed by atoms with Crippen LogP contribution in [0.1, 0.15) is 24.1 Å². The van der Waals surface area contributed by atoms with Gasteiger partial charge in [-0.1, -0.05) is 11.6 Å². The molecule has 1 aliphatic heterocycles. The van der Waals surface area contributed by atoms with E-state index in [-0.39, 0.29) is 16.8 Å². The van der Waals surface area contributed by atoms with Crippen LogP contribution >= 0.6 is 11.6 Å². The maximum absolute atomic E-state index is 12.6. The molecule has 0 unspecified atom stereocenters. The quantitative estimate of drug-likeness (QED) is 0.503. The van der Waals surface area contributed by atoms with Gasteiger partial charge in [-0.15, -0.1) is 0 Å². The molecule has 0 bridgehead atoms. The monoisotopic (exact) mass is 336 g/mol. The van der Waals surface area contributed by atoms with Crippen LogP contribution in [0.2, 0.25) is 5.02 Å². The van der Waals surface area contributed by atoms with Gasteiger partial charge in [0.2, 0.25) is 5.91 Å². The number of likely N-dealkylation sites (tertiary alicyclic amines) is 1. The third kappa shape index (κ3) is 4.08. The van der Waals surface area contributed by atoms with E-state index in [0.29, 0.717) is 38.2 Å². The fourth-order valence-electron chi connectivity index (χ4n) is 2.42. The van der Waals surface area contributed by atoms with Gasteiger partial charge in [-0.25, -0.2) is 5.84 Å². The summed E-state index contributed by atoms with van der Waals surface area (Å²) in [7, 11) is 0. The number of alkyl halides is 3. The Bertz CT molecular complexity index is 545. The molecule has 3 N–H and O–H groups in total. The molecule has 22 heavy (non-hydrogen) atoms. The third-order valence-electron chi connectivity index (χ3n) is 3.72. The Morgan fingerprint density at radius 3 is 2.59 bits per heavy atom. The summed E-state index contributed by atoms with van der Waals surface area (Å²) in [6.07, 6.45) is -2.39. The van der Waals surface area contributed by atoms with Gasteiger partial charge in [0.1, 0.15) is 0 Å². The zero-order valence-corrected chi connectivity index (χ0v) is 12.4. The first kappa shape index (κ1) is 17.0. The number of piperidine rings is 1. The predicted molar refractivity (Wildman–Crippen MR) is 74.6 cm³/mol. The van der Waals surface area contributed by atoms with Gasteiger partial charge < -0.3 is 0 Å². The molecule has 1 fully saturated rings. The first-order valence-corrected chi connectivity index (χ1v) is 7.13. The molecule has 1 aromatic rings. The minimum absolute atomic E-state index is 0.00310. The number of aromatic nitrogens is 1. The normalized spacial score (nSPS) is 17.5. The molecular formula is C13H16ClF3N4O. The summed E-state index contributed by atoms with van der Waals surface area (Å²) in [4.78, 5) is 17.2. The van der Waals surface area contributed by atoms with Crippen molar-refractivity contribution in [2.75, 3.05) is 13.1 Å². The molecule has 0 saturated carbocycles. The van der Waals surface area contributed by atoms with Gasteiger partial charge in [-0.2, -0.15) is 13.2 Å². The third-order valence-corrected chi connectivity index (χ3v) is 4.05. The lowest BCUT2D eigenvalue weighted by atomic mass is 9.96. The lowest BCUT2D eigenvalue weighted by Gasteiger charge is -2.30. The largest absolute Gasteiger partial charge is 0.417 e. The Hall–Kier alpha value is -1.38. The second-order valence-electron chi connectivity index (χ2n) is 5.21. The van der Waals surface area contributed by atoms with Crippen LogP contribution in [0.4, 0.5) is 13.2 Å². The lowest BCUT2D eigenvalue weighted by Crippen LogP contribution is -2.42. The van der Waals surface area contributed by atoms with Crippen molar-refractivity contribution in [3.05, 3.63) is 28.5 Å². The number of nitrogens with one attached hydrogen (secondary N) is 1. The van der Waals surface area contributed by atoms with Gasteiger partial charge >= 0.3 is 6.18 Å². The topological polar surface area (TPSA) is 71.2 Å². The molecule has 0 spiro atoms. The number of hydrogen-bond donors (Lipinski definition) is 2.